The number of rotatable bonds is 10. The molecule has 3 saturated heterocycles. The van der Waals surface area contributed by atoms with Crippen LogP contribution in [-0.4, -0.2) is 144 Å². The van der Waals surface area contributed by atoms with Crippen molar-refractivity contribution in [3.8, 4) is 0 Å². The van der Waals surface area contributed by atoms with Gasteiger partial charge in [-0.1, -0.05) is 45.9 Å². The summed E-state index contributed by atoms with van der Waals surface area (Å²) >= 11 is 0. The van der Waals surface area contributed by atoms with Gasteiger partial charge < -0.3 is 38.5 Å². The summed E-state index contributed by atoms with van der Waals surface area (Å²) in [5, 5.41) is 20.2. The molecule has 2 aromatic rings. The number of ether oxygens (including phenoxy) is 6. The molecule has 0 saturated carbocycles. The van der Waals surface area contributed by atoms with Gasteiger partial charge in [-0.05, 0) is 91.6 Å². The summed E-state index contributed by atoms with van der Waals surface area (Å²) in [7, 11) is 7.26. The van der Waals surface area contributed by atoms with Crippen LogP contribution in [-0.2, 0) is 44.4 Å². The molecule has 2 bridgehead atoms. The van der Waals surface area contributed by atoms with Crippen LogP contribution in [0.3, 0.4) is 0 Å². The zero-order valence-corrected chi connectivity index (χ0v) is 37.4. The van der Waals surface area contributed by atoms with Crippen LogP contribution in [0, 0.1) is 28.9 Å². The summed E-state index contributed by atoms with van der Waals surface area (Å²) in [6, 6.07) is 9.84. The average molecular weight is 824 g/mol. The Morgan fingerprint density at radius 3 is 2.46 bits per heavy atom. The fraction of sp³-hybridized carbons (Fsp3) is 0.733. The van der Waals surface area contributed by atoms with Gasteiger partial charge in [0.15, 0.2) is 17.8 Å². The standard InChI is InChI=1S/C45H69N5O9/c1-13-36-45(8)40-29(4)37(50(53)25-48(49(40)26-56-45)22-16-17-32-20-21-46-34-19-15-14-18-33(32)34)27(2)24-44(7,55-12)41(30(5)38(51)31(6)42(52)58-36)59-43-39(54-11)35(47(9)10)23-28(3)57-43/h14-15,18-21,27-31,35-36,39-41,43H,13,16-17,22-26H2,1-12H3/t27-,28-,29+,30+,31-,35+,36-,39-,40-,41-,43+,44+,45-/m1/s1. The van der Waals surface area contributed by atoms with Gasteiger partial charge in [-0.3, -0.25) is 14.6 Å². The van der Waals surface area contributed by atoms with Gasteiger partial charge in [0, 0.05) is 50.2 Å². The number of hydrazine groups is 1. The molecule has 6 rings (SSSR count). The smallest absolute Gasteiger partial charge is 0.316 e. The molecule has 1 aromatic carbocycles. The Morgan fingerprint density at radius 2 is 1.78 bits per heavy atom. The van der Waals surface area contributed by atoms with E-state index < -0.39 is 53.6 Å². The highest BCUT2D eigenvalue weighted by Gasteiger charge is 2.60. The molecule has 14 nitrogen and oxygen atoms in total. The van der Waals surface area contributed by atoms with E-state index in [1.54, 1.807) is 28.1 Å². The number of pyridine rings is 1. The number of aromatic nitrogens is 1. The average Bonchev–Trinajstić information content (AvgIpc) is 3.52. The number of carbonyl (C=O) groups excluding carboxylic acids is 2. The van der Waals surface area contributed by atoms with Crippen LogP contribution in [0.5, 0.6) is 0 Å². The Hall–Kier alpha value is -3.08. The topological polar surface area (TPSA) is 138 Å². The quantitative estimate of drug-likeness (QED) is 0.130. The third kappa shape index (κ3) is 8.84. The number of carbonyl (C=O) groups is 2. The second kappa shape index (κ2) is 18.5. The maximum absolute atomic E-state index is 14.8. The van der Waals surface area contributed by atoms with Crippen LogP contribution >= 0.6 is 0 Å². The summed E-state index contributed by atoms with van der Waals surface area (Å²) in [4.78, 5) is 35.3. The Morgan fingerprint density at radius 1 is 1.05 bits per heavy atom. The predicted octanol–water partition coefficient (Wildman–Crippen LogP) is 5.43. The number of likely N-dealkylation sites (N-methyl/N-ethyl adjacent to an activating group) is 1. The maximum atomic E-state index is 14.8. The Labute approximate surface area is 351 Å². The highest BCUT2D eigenvalue weighted by molar-refractivity contribution is 6.00. The van der Waals surface area contributed by atoms with Gasteiger partial charge in [0.2, 0.25) is 6.67 Å². The van der Waals surface area contributed by atoms with Gasteiger partial charge in [-0.2, -0.15) is 9.75 Å². The Bertz CT molecular complexity index is 1820. The SMILES string of the molecule is CC[C@H]1OC(=O)[C@H](C)C(=O)[C@H](C)[C@@H](O[C@@H]2O[C@H](C)C[C@H](N(C)C)[C@H]2OC)[C@@](C)(OC)C[C@@H](C)C2=[N+]([O-])CN(CCCc3ccnc4ccccc34)N3CO[C@@]1(C)[C@H]3[C@H]2C. The van der Waals surface area contributed by atoms with E-state index in [4.69, 9.17) is 28.4 Å². The minimum Gasteiger partial charge on any atom is -0.623 e. The van der Waals surface area contributed by atoms with Crippen LogP contribution in [0.2, 0.25) is 0 Å². The first-order valence-electron chi connectivity index (χ1n) is 21.6. The number of methoxy groups -OCH3 is 2. The summed E-state index contributed by atoms with van der Waals surface area (Å²) in [6.45, 7) is 16.3. The zero-order chi connectivity index (χ0) is 43.0. The van der Waals surface area contributed by atoms with Gasteiger partial charge in [0.05, 0.1) is 35.3 Å². The fourth-order valence-corrected chi connectivity index (χ4v) is 10.8. The molecule has 0 unspecified atom stereocenters. The minimum absolute atomic E-state index is 0.0137. The van der Waals surface area contributed by atoms with Crippen LogP contribution in [0.25, 0.3) is 10.9 Å². The number of nitrogens with zero attached hydrogens (tertiary/aromatic N) is 5. The molecular weight excluding hydrogens is 755 g/mol. The number of fused-ring (bicyclic) bond motifs is 2. The molecule has 14 heteroatoms. The van der Waals surface area contributed by atoms with Crippen molar-refractivity contribution in [2.75, 3.05) is 48.3 Å². The monoisotopic (exact) mass is 824 g/mol. The summed E-state index contributed by atoms with van der Waals surface area (Å²) in [6.07, 6.45) is 1.92. The van der Waals surface area contributed by atoms with Crippen molar-refractivity contribution in [3.05, 3.63) is 47.3 Å². The number of para-hydroxylation sites is 1. The van der Waals surface area contributed by atoms with E-state index >= 15 is 0 Å². The summed E-state index contributed by atoms with van der Waals surface area (Å²) in [5.74, 6) is -3.53. The normalized spacial score (nSPS) is 38.1. The highest BCUT2D eigenvalue weighted by Crippen LogP contribution is 2.44. The Kier molecular flexibility index (Phi) is 14.2. The molecule has 4 aliphatic heterocycles. The molecule has 0 aliphatic carbocycles. The lowest BCUT2D eigenvalue weighted by Gasteiger charge is -2.48. The van der Waals surface area contributed by atoms with Gasteiger partial charge in [0.25, 0.3) is 0 Å². The largest absolute Gasteiger partial charge is 0.623 e. The van der Waals surface area contributed by atoms with Crippen LogP contribution < -0.4 is 0 Å². The second-order valence-corrected chi connectivity index (χ2v) is 18.1. The molecule has 0 amide bonds. The highest BCUT2D eigenvalue weighted by atomic mass is 16.7. The summed E-state index contributed by atoms with van der Waals surface area (Å²) < 4.78 is 40.1. The van der Waals surface area contributed by atoms with Crippen molar-refractivity contribution in [1.29, 1.82) is 0 Å². The molecule has 0 radical (unpaired) electrons. The maximum Gasteiger partial charge on any atom is 0.316 e. The number of hydrogen-bond acceptors (Lipinski definition) is 13. The molecule has 0 spiro atoms. The van der Waals surface area contributed by atoms with Gasteiger partial charge in [0.1, 0.15) is 30.5 Å². The molecule has 1 aromatic heterocycles. The van der Waals surface area contributed by atoms with E-state index in [9.17, 15) is 14.8 Å². The first-order chi connectivity index (χ1) is 28.0. The van der Waals surface area contributed by atoms with E-state index in [1.807, 2.05) is 66.2 Å². The number of aryl methyl sites for hydroxylation is 1. The second-order valence-electron chi connectivity index (χ2n) is 18.1. The molecular formula is C45H69N5O9. The molecule has 59 heavy (non-hydrogen) atoms. The van der Waals surface area contributed by atoms with Crippen LogP contribution in [0.4, 0.5) is 0 Å². The number of cyclic esters (lactones) is 1. The molecule has 328 valence electrons. The number of Topliss-reactive ketones (excluding diaryl/α,β-unsaturated/α-hetero) is 1. The van der Waals surface area contributed by atoms with E-state index in [-0.39, 0.29) is 49.2 Å². The zero-order valence-electron chi connectivity index (χ0n) is 37.4. The lowest BCUT2D eigenvalue weighted by molar-refractivity contribution is -0.497. The first kappa shape index (κ1) is 45.4. The first-order valence-corrected chi connectivity index (χ1v) is 21.6. The Balaban J connectivity index is 1.40. The predicted molar refractivity (Wildman–Crippen MR) is 224 cm³/mol. The molecule has 3 fully saturated rings. The molecule has 13 atom stereocenters. The van der Waals surface area contributed by atoms with Crippen molar-refractivity contribution < 1.29 is 42.7 Å². The lowest BCUT2D eigenvalue weighted by atomic mass is 9.73. The van der Waals surface area contributed by atoms with Crippen molar-refractivity contribution >= 4 is 28.4 Å². The number of hydroxylamine groups is 1. The fourth-order valence-electron chi connectivity index (χ4n) is 10.8. The summed E-state index contributed by atoms with van der Waals surface area (Å²) in [5.41, 5.74) is 0.737. The molecule has 5 heterocycles. The molecule has 0 N–H and O–H groups in total. The van der Waals surface area contributed by atoms with E-state index in [1.165, 1.54) is 5.56 Å². The van der Waals surface area contributed by atoms with Crippen molar-refractivity contribution in [3.63, 3.8) is 0 Å². The van der Waals surface area contributed by atoms with E-state index in [2.05, 4.69) is 45.9 Å². The molecule has 4 aliphatic rings. The van der Waals surface area contributed by atoms with Crippen molar-refractivity contribution in [2.45, 2.75) is 141 Å². The van der Waals surface area contributed by atoms with Crippen LogP contribution in [0.1, 0.15) is 86.6 Å². The number of ketones is 1. The van der Waals surface area contributed by atoms with E-state index in [0.29, 0.717) is 25.1 Å². The van der Waals surface area contributed by atoms with Crippen molar-refractivity contribution in [1.82, 2.24) is 19.9 Å². The van der Waals surface area contributed by atoms with Crippen LogP contribution in [0.15, 0.2) is 36.5 Å². The van der Waals surface area contributed by atoms with Gasteiger partial charge in [-0.25, -0.2) is 5.01 Å². The van der Waals surface area contributed by atoms with E-state index in [0.717, 1.165) is 34.9 Å². The minimum atomic E-state index is -1.12. The number of esters is 1. The van der Waals surface area contributed by atoms with Gasteiger partial charge in [-0.15, -0.1) is 0 Å². The lowest BCUT2D eigenvalue weighted by Crippen LogP contribution is -2.61. The number of benzene rings is 1. The van der Waals surface area contributed by atoms with Gasteiger partial charge >= 0.3 is 5.97 Å². The third-order valence-corrected chi connectivity index (χ3v) is 13.9. The number of hydrogen-bond donors (Lipinski definition) is 0. The van der Waals surface area contributed by atoms with Crippen molar-refractivity contribution in [2.24, 2.45) is 23.7 Å². The third-order valence-electron chi connectivity index (χ3n) is 13.9.